The highest BCUT2D eigenvalue weighted by Crippen LogP contribution is 2.38. The molecule has 1 fully saturated rings. The number of nitrogens with zero attached hydrogens (tertiary/aromatic N) is 2. The standard InChI is InChI=1S/C27H29BN2O5S/c1-19-11-13-21(14-12-19)36(31,32)30-17-22(28-34-26(2,3)27(4,5)35-28)24-23(15-16-29-25(24)30)33-18-20-9-7-6-8-10-20/h6-17H,18H2,1-5H3. The van der Waals surface area contributed by atoms with Crippen LogP contribution in [0.15, 0.2) is 78.0 Å². The summed E-state index contributed by atoms with van der Waals surface area (Å²) in [5, 5.41) is 0.544. The molecule has 0 radical (unpaired) electrons. The summed E-state index contributed by atoms with van der Waals surface area (Å²) < 4.78 is 47.5. The molecule has 36 heavy (non-hydrogen) atoms. The Morgan fingerprint density at radius 2 is 1.58 bits per heavy atom. The maximum Gasteiger partial charge on any atom is 0.497 e. The first-order chi connectivity index (χ1) is 17.0. The van der Waals surface area contributed by atoms with Crippen LogP contribution in [0.3, 0.4) is 0 Å². The first-order valence-electron chi connectivity index (χ1n) is 11.8. The number of aryl methyl sites for hydroxylation is 1. The van der Waals surface area contributed by atoms with E-state index in [1.54, 1.807) is 42.7 Å². The maximum absolute atomic E-state index is 13.7. The second-order valence-corrected chi connectivity index (χ2v) is 11.9. The Labute approximate surface area is 212 Å². The summed E-state index contributed by atoms with van der Waals surface area (Å²) in [6.07, 6.45) is 3.10. The van der Waals surface area contributed by atoms with Gasteiger partial charge in [-0.25, -0.2) is 17.4 Å². The molecule has 2 aromatic heterocycles. The molecule has 0 bridgehead atoms. The van der Waals surface area contributed by atoms with Crippen molar-refractivity contribution >= 4 is 33.6 Å². The largest absolute Gasteiger partial charge is 0.497 e. The Morgan fingerprint density at radius 1 is 0.944 bits per heavy atom. The van der Waals surface area contributed by atoms with E-state index in [1.807, 2.05) is 65.0 Å². The molecular formula is C27H29BN2O5S. The Balaban J connectivity index is 1.67. The van der Waals surface area contributed by atoms with Gasteiger partial charge in [-0.1, -0.05) is 48.0 Å². The summed E-state index contributed by atoms with van der Waals surface area (Å²) in [7, 11) is -4.74. The fourth-order valence-corrected chi connectivity index (χ4v) is 5.46. The van der Waals surface area contributed by atoms with Gasteiger partial charge in [0.2, 0.25) is 0 Å². The van der Waals surface area contributed by atoms with E-state index in [0.717, 1.165) is 11.1 Å². The van der Waals surface area contributed by atoms with E-state index >= 15 is 0 Å². The van der Waals surface area contributed by atoms with Gasteiger partial charge in [0.1, 0.15) is 12.4 Å². The van der Waals surface area contributed by atoms with Crippen LogP contribution in [0.2, 0.25) is 0 Å². The van der Waals surface area contributed by atoms with Gasteiger partial charge in [0, 0.05) is 17.9 Å². The molecule has 0 spiro atoms. The van der Waals surface area contributed by atoms with Gasteiger partial charge >= 0.3 is 7.12 Å². The molecule has 9 heteroatoms. The molecule has 0 atom stereocenters. The predicted octanol–water partition coefficient (Wildman–Crippen LogP) is 4.46. The lowest BCUT2D eigenvalue weighted by Gasteiger charge is -2.32. The van der Waals surface area contributed by atoms with E-state index in [1.165, 1.54) is 3.97 Å². The molecule has 5 rings (SSSR count). The molecule has 1 aliphatic rings. The Bertz CT molecular complexity index is 1500. The Hall–Kier alpha value is -3.14. The summed E-state index contributed by atoms with van der Waals surface area (Å²) in [5.74, 6) is 0.506. The smallest absolute Gasteiger partial charge is 0.488 e. The van der Waals surface area contributed by atoms with Gasteiger partial charge in [-0.05, 0) is 58.4 Å². The average molecular weight is 504 g/mol. The van der Waals surface area contributed by atoms with Crippen molar-refractivity contribution < 1.29 is 22.5 Å². The highest BCUT2D eigenvalue weighted by Gasteiger charge is 2.53. The number of ether oxygens (including phenoxy) is 1. The zero-order valence-electron chi connectivity index (χ0n) is 21.1. The molecule has 1 aliphatic heterocycles. The normalized spacial score (nSPS) is 17.0. The van der Waals surface area contributed by atoms with Crippen LogP contribution < -0.4 is 10.2 Å². The van der Waals surface area contributed by atoms with E-state index in [9.17, 15) is 8.42 Å². The van der Waals surface area contributed by atoms with Crippen molar-refractivity contribution in [1.29, 1.82) is 0 Å². The Kier molecular flexibility index (Phi) is 5.98. The minimum Gasteiger partial charge on any atom is -0.488 e. The van der Waals surface area contributed by atoms with Crippen molar-refractivity contribution in [2.45, 2.75) is 57.3 Å². The van der Waals surface area contributed by atoms with Crippen LogP contribution >= 0.6 is 0 Å². The van der Waals surface area contributed by atoms with E-state index in [4.69, 9.17) is 14.0 Å². The number of benzene rings is 2. The van der Waals surface area contributed by atoms with E-state index in [2.05, 4.69) is 4.98 Å². The fraction of sp³-hybridized carbons (Fsp3) is 0.296. The molecule has 7 nitrogen and oxygen atoms in total. The van der Waals surface area contributed by atoms with E-state index in [-0.39, 0.29) is 10.5 Å². The lowest BCUT2D eigenvalue weighted by molar-refractivity contribution is 0.00578. The van der Waals surface area contributed by atoms with Crippen molar-refractivity contribution in [2.75, 3.05) is 0 Å². The molecule has 0 aliphatic carbocycles. The lowest BCUT2D eigenvalue weighted by atomic mass is 9.79. The second kappa shape index (κ2) is 8.76. The molecular weight excluding hydrogens is 475 g/mol. The van der Waals surface area contributed by atoms with Crippen LogP contribution in [0.5, 0.6) is 5.75 Å². The summed E-state index contributed by atoms with van der Waals surface area (Å²) in [5.41, 5.74) is 1.57. The van der Waals surface area contributed by atoms with E-state index in [0.29, 0.717) is 23.2 Å². The minimum atomic E-state index is -3.94. The average Bonchev–Trinajstić information content (AvgIpc) is 3.33. The van der Waals surface area contributed by atoms with Crippen LogP contribution in [0.4, 0.5) is 0 Å². The predicted molar refractivity (Wildman–Crippen MR) is 140 cm³/mol. The van der Waals surface area contributed by atoms with Crippen molar-refractivity contribution in [3.8, 4) is 5.75 Å². The van der Waals surface area contributed by atoms with Crippen molar-refractivity contribution in [1.82, 2.24) is 8.96 Å². The number of rotatable bonds is 6. The maximum atomic E-state index is 13.7. The highest BCUT2D eigenvalue weighted by atomic mass is 32.2. The van der Waals surface area contributed by atoms with Crippen molar-refractivity contribution in [2.24, 2.45) is 0 Å². The molecule has 186 valence electrons. The van der Waals surface area contributed by atoms with Gasteiger partial charge < -0.3 is 14.0 Å². The van der Waals surface area contributed by atoms with Crippen LogP contribution in [-0.4, -0.2) is 35.7 Å². The summed E-state index contributed by atoms with van der Waals surface area (Å²) in [6, 6.07) is 18.3. The zero-order chi connectivity index (χ0) is 25.7. The molecule has 3 heterocycles. The first kappa shape index (κ1) is 24.6. The third kappa shape index (κ3) is 4.21. The molecule has 0 unspecified atom stereocenters. The van der Waals surface area contributed by atoms with Gasteiger partial charge in [-0.3, -0.25) is 0 Å². The highest BCUT2D eigenvalue weighted by molar-refractivity contribution is 7.90. The Morgan fingerprint density at radius 3 is 2.22 bits per heavy atom. The van der Waals surface area contributed by atoms with Crippen LogP contribution in [-0.2, 0) is 25.9 Å². The summed E-state index contributed by atoms with van der Waals surface area (Å²) in [4.78, 5) is 4.63. The molecule has 1 saturated heterocycles. The molecule has 0 amide bonds. The van der Waals surface area contributed by atoms with Crippen LogP contribution in [0.1, 0.15) is 38.8 Å². The fourth-order valence-electron chi connectivity index (χ4n) is 4.14. The van der Waals surface area contributed by atoms with Gasteiger partial charge in [0.05, 0.1) is 21.5 Å². The van der Waals surface area contributed by atoms with E-state index < -0.39 is 28.3 Å². The van der Waals surface area contributed by atoms with Gasteiger partial charge in [-0.15, -0.1) is 0 Å². The van der Waals surface area contributed by atoms with Gasteiger partial charge in [0.15, 0.2) is 5.65 Å². The number of fused-ring (bicyclic) bond motifs is 1. The zero-order valence-corrected chi connectivity index (χ0v) is 21.9. The third-order valence-electron chi connectivity index (χ3n) is 6.97. The number of hydrogen-bond donors (Lipinski definition) is 0. The van der Waals surface area contributed by atoms with Gasteiger partial charge in [0.25, 0.3) is 10.0 Å². The minimum absolute atomic E-state index is 0.169. The molecule has 4 aromatic rings. The number of aromatic nitrogens is 2. The quantitative estimate of drug-likeness (QED) is 0.361. The number of pyridine rings is 1. The molecule has 0 N–H and O–H groups in total. The summed E-state index contributed by atoms with van der Waals surface area (Å²) >= 11 is 0. The number of hydrogen-bond acceptors (Lipinski definition) is 6. The third-order valence-corrected chi connectivity index (χ3v) is 8.63. The monoisotopic (exact) mass is 504 g/mol. The lowest BCUT2D eigenvalue weighted by Crippen LogP contribution is -2.41. The van der Waals surface area contributed by atoms with Crippen LogP contribution in [0.25, 0.3) is 11.0 Å². The summed E-state index contributed by atoms with van der Waals surface area (Å²) in [6.45, 7) is 10.1. The SMILES string of the molecule is Cc1ccc(S(=O)(=O)n2cc(B3OC(C)(C)C(C)(C)O3)c3c(OCc4ccccc4)ccnc32)cc1. The second-order valence-electron chi connectivity index (χ2n) is 10.1. The molecule has 2 aromatic carbocycles. The van der Waals surface area contributed by atoms with Crippen LogP contribution in [0, 0.1) is 6.92 Å². The topological polar surface area (TPSA) is 79.7 Å². The van der Waals surface area contributed by atoms with Gasteiger partial charge in [-0.2, -0.15) is 0 Å². The van der Waals surface area contributed by atoms with Crippen molar-refractivity contribution in [3.05, 3.63) is 84.2 Å². The van der Waals surface area contributed by atoms with Crippen molar-refractivity contribution in [3.63, 3.8) is 0 Å². The molecule has 0 saturated carbocycles. The first-order valence-corrected chi connectivity index (χ1v) is 13.3.